The molecule has 17 heavy (non-hydrogen) atoms. The van der Waals surface area contributed by atoms with Crippen LogP contribution >= 0.6 is 0 Å². The molecule has 0 aliphatic heterocycles. The monoisotopic (exact) mass is 231 g/mol. The van der Waals surface area contributed by atoms with E-state index in [0.29, 0.717) is 22.9 Å². The normalized spacial score (nSPS) is 15.4. The van der Waals surface area contributed by atoms with Gasteiger partial charge in [0.2, 0.25) is 0 Å². The number of nitrogens with zero attached hydrogens (tertiary/aromatic N) is 3. The predicted octanol–water partition coefficient (Wildman–Crippen LogP) is 0.330. The van der Waals surface area contributed by atoms with Gasteiger partial charge in [-0.3, -0.25) is 4.79 Å². The zero-order valence-electron chi connectivity index (χ0n) is 9.26. The molecule has 3 rings (SSSR count). The van der Waals surface area contributed by atoms with Crippen molar-refractivity contribution < 1.29 is 4.79 Å². The summed E-state index contributed by atoms with van der Waals surface area (Å²) < 4.78 is 1.52. The van der Waals surface area contributed by atoms with E-state index in [2.05, 4.69) is 10.1 Å². The topological polar surface area (TPSA) is 99.3 Å². The molecule has 4 N–H and O–H groups in total. The zero-order valence-corrected chi connectivity index (χ0v) is 9.26. The molecule has 1 fully saturated rings. The smallest absolute Gasteiger partial charge is 0.181 e. The Balaban J connectivity index is 2.15. The third-order valence-corrected chi connectivity index (χ3v) is 3.02. The van der Waals surface area contributed by atoms with Crippen LogP contribution in [0.3, 0.4) is 0 Å². The molecular formula is C11H13N5O. The second-order valence-electron chi connectivity index (χ2n) is 4.30. The molecule has 0 saturated heterocycles. The van der Waals surface area contributed by atoms with E-state index in [1.165, 1.54) is 23.6 Å². The van der Waals surface area contributed by atoms with E-state index in [9.17, 15) is 4.79 Å². The number of fused-ring (bicyclic) bond motifs is 1. The van der Waals surface area contributed by atoms with Gasteiger partial charge in [-0.15, -0.1) is 0 Å². The van der Waals surface area contributed by atoms with Crippen molar-refractivity contribution in [3.63, 3.8) is 0 Å². The van der Waals surface area contributed by atoms with Gasteiger partial charge >= 0.3 is 0 Å². The fourth-order valence-corrected chi connectivity index (χ4v) is 1.87. The van der Waals surface area contributed by atoms with Crippen LogP contribution in [0.4, 0.5) is 5.82 Å². The summed E-state index contributed by atoms with van der Waals surface area (Å²) in [6.45, 7) is -0.0753. The average Bonchev–Trinajstić information content (AvgIpc) is 3.09. The highest BCUT2D eigenvalue weighted by atomic mass is 16.1. The summed E-state index contributed by atoms with van der Waals surface area (Å²) in [6.07, 6.45) is 3.80. The fourth-order valence-electron chi connectivity index (χ4n) is 1.87. The van der Waals surface area contributed by atoms with Crippen molar-refractivity contribution in [2.75, 3.05) is 12.3 Å². The lowest BCUT2D eigenvalue weighted by molar-refractivity contribution is 0.100. The van der Waals surface area contributed by atoms with E-state index < -0.39 is 0 Å². The molecule has 0 unspecified atom stereocenters. The molecule has 1 saturated carbocycles. The van der Waals surface area contributed by atoms with Crippen LogP contribution in [0, 0.1) is 0 Å². The molecule has 0 amide bonds. The minimum absolute atomic E-state index is 0.0753. The van der Waals surface area contributed by atoms with Gasteiger partial charge in [-0.25, -0.2) is 4.98 Å². The maximum absolute atomic E-state index is 11.5. The van der Waals surface area contributed by atoms with Crippen LogP contribution in [0.1, 0.15) is 34.8 Å². The first-order valence-electron chi connectivity index (χ1n) is 5.58. The highest BCUT2D eigenvalue weighted by Crippen LogP contribution is 2.39. The van der Waals surface area contributed by atoms with Crippen LogP contribution in [-0.2, 0) is 0 Å². The van der Waals surface area contributed by atoms with E-state index in [4.69, 9.17) is 11.5 Å². The lowest BCUT2D eigenvalue weighted by Gasteiger charge is -2.04. The summed E-state index contributed by atoms with van der Waals surface area (Å²) in [4.78, 5) is 15.7. The number of anilines is 1. The summed E-state index contributed by atoms with van der Waals surface area (Å²) in [5.41, 5.74) is 13.2. The van der Waals surface area contributed by atoms with Gasteiger partial charge in [0, 0.05) is 18.2 Å². The van der Waals surface area contributed by atoms with E-state index in [1.807, 2.05) is 6.07 Å². The Morgan fingerprint density at radius 1 is 1.53 bits per heavy atom. The molecule has 6 heteroatoms. The molecular weight excluding hydrogens is 218 g/mol. The molecule has 1 aliphatic rings. The molecule has 1 aliphatic carbocycles. The van der Waals surface area contributed by atoms with Crippen LogP contribution in [0.2, 0.25) is 0 Å². The molecule has 2 aromatic rings. The Hall–Kier alpha value is -1.95. The lowest BCUT2D eigenvalue weighted by atomic mass is 10.2. The van der Waals surface area contributed by atoms with Gasteiger partial charge in [-0.05, 0) is 12.8 Å². The van der Waals surface area contributed by atoms with Gasteiger partial charge in [0.15, 0.2) is 11.4 Å². The van der Waals surface area contributed by atoms with E-state index >= 15 is 0 Å². The second-order valence-corrected chi connectivity index (χ2v) is 4.30. The van der Waals surface area contributed by atoms with Gasteiger partial charge in [0.25, 0.3) is 0 Å². The van der Waals surface area contributed by atoms with Gasteiger partial charge < -0.3 is 11.5 Å². The van der Waals surface area contributed by atoms with Crippen LogP contribution in [0.25, 0.3) is 5.65 Å². The number of hydrogen-bond acceptors (Lipinski definition) is 5. The standard InChI is InChI=1S/C11H13N5O/c12-4-9(17)7-5-14-10-3-8(6-1-2-6)15-16(10)11(7)13/h3,5-6H,1-2,4,12-13H2. The molecule has 0 bridgehead atoms. The summed E-state index contributed by atoms with van der Waals surface area (Å²) >= 11 is 0. The molecule has 88 valence electrons. The fraction of sp³-hybridized carbons (Fsp3) is 0.364. The van der Waals surface area contributed by atoms with Crippen LogP contribution in [-0.4, -0.2) is 26.9 Å². The quantitative estimate of drug-likeness (QED) is 0.741. The van der Waals surface area contributed by atoms with Gasteiger partial charge in [0.05, 0.1) is 17.8 Å². The number of hydrogen-bond donors (Lipinski definition) is 2. The highest BCUT2D eigenvalue weighted by Gasteiger charge is 2.27. The largest absolute Gasteiger partial charge is 0.383 e. The molecule has 6 nitrogen and oxygen atoms in total. The lowest BCUT2D eigenvalue weighted by Crippen LogP contribution is -2.17. The third kappa shape index (κ3) is 1.57. The number of nitrogens with two attached hydrogens (primary N) is 2. The summed E-state index contributed by atoms with van der Waals surface area (Å²) in [5, 5.41) is 4.39. The van der Waals surface area contributed by atoms with Gasteiger partial charge in [0.1, 0.15) is 5.82 Å². The third-order valence-electron chi connectivity index (χ3n) is 3.02. The summed E-state index contributed by atoms with van der Waals surface area (Å²) in [7, 11) is 0. The van der Waals surface area contributed by atoms with Gasteiger partial charge in [-0.2, -0.15) is 9.61 Å². The Bertz CT molecular complexity index is 599. The van der Waals surface area contributed by atoms with E-state index in [1.54, 1.807) is 0 Å². The predicted molar refractivity (Wildman–Crippen MR) is 62.8 cm³/mol. The van der Waals surface area contributed by atoms with Crippen molar-refractivity contribution >= 4 is 17.2 Å². The Morgan fingerprint density at radius 2 is 2.29 bits per heavy atom. The van der Waals surface area contributed by atoms with E-state index in [-0.39, 0.29) is 12.3 Å². The molecule has 0 aromatic carbocycles. The number of rotatable bonds is 3. The molecule has 2 aromatic heterocycles. The van der Waals surface area contributed by atoms with Crippen LogP contribution < -0.4 is 11.5 Å². The number of aromatic nitrogens is 3. The number of carbonyl (C=O) groups is 1. The number of carbonyl (C=O) groups excluding carboxylic acids is 1. The average molecular weight is 231 g/mol. The molecule has 0 spiro atoms. The van der Waals surface area contributed by atoms with Crippen LogP contribution in [0.5, 0.6) is 0 Å². The Kier molecular flexibility index (Phi) is 2.12. The van der Waals surface area contributed by atoms with Crippen molar-refractivity contribution in [2.24, 2.45) is 5.73 Å². The second kappa shape index (κ2) is 3.53. The van der Waals surface area contributed by atoms with Crippen molar-refractivity contribution in [3.8, 4) is 0 Å². The molecule has 2 heterocycles. The maximum Gasteiger partial charge on any atom is 0.181 e. The first-order valence-corrected chi connectivity index (χ1v) is 5.58. The highest BCUT2D eigenvalue weighted by molar-refractivity contribution is 6.01. The van der Waals surface area contributed by atoms with Crippen molar-refractivity contribution in [1.82, 2.24) is 14.6 Å². The summed E-state index contributed by atoms with van der Waals surface area (Å²) in [5.74, 6) is 0.627. The Morgan fingerprint density at radius 3 is 2.94 bits per heavy atom. The van der Waals surface area contributed by atoms with E-state index in [0.717, 1.165) is 5.69 Å². The maximum atomic E-state index is 11.5. The minimum atomic E-state index is -0.222. The Labute approximate surface area is 97.6 Å². The SMILES string of the molecule is NCC(=O)c1cnc2cc(C3CC3)nn2c1N. The van der Waals surface area contributed by atoms with Crippen molar-refractivity contribution in [1.29, 1.82) is 0 Å². The number of nitrogen functional groups attached to an aromatic ring is 1. The minimum Gasteiger partial charge on any atom is -0.383 e. The van der Waals surface area contributed by atoms with Crippen LogP contribution in [0.15, 0.2) is 12.3 Å². The first kappa shape index (κ1) is 10.2. The first-order chi connectivity index (χ1) is 8.20. The zero-order chi connectivity index (χ0) is 12.0. The van der Waals surface area contributed by atoms with Gasteiger partial charge in [-0.1, -0.05) is 0 Å². The molecule has 0 atom stereocenters. The van der Waals surface area contributed by atoms with Crippen molar-refractivity contribution in [2.45, 2.75) is 18.8 Å². The number of Topliss-reactive ketones (excluding diaryl/α,β-unsaturated/α-hetero) is 1. The number of ketones is 1. The summed E-state index contributed by atoms with van der Waals surface area (Å²) in [6, 6.07) is 1.92. The molecule has 0 radical (unpaired) electrons. The van der Waals surface area contributed by atoms with Crippen molar-refractivity contribution in [3.05, 3.63) is 23.5 Å².